The Morgan fingerprint density at radius 3 is 2.68 bits per heavy atom. The summed E-state index contributed by atoms with van der Waals surface area (Å²) in [5.74, 6) is 0.342. The summed E-state index contributed by atoms with van der Waals surface area (Å²) in [6.07, 6.45) is 1.91. The molecule has 3 aromatic heterocycles. The van der Waals surface area contributed by atoms with Crippen LogP contribution in [-0.4, -0.2) is 37.2 Å². The molecule has 0 aliphatic rings. The number of hydrogen-bond donors (Lipinski definition) is 1. The Bertz CT molecular complexity index is 959. The van der Waals surface area contributed by atoms with E-state index in [0.717, 1.165) is 5.69 Å². The molecule has 9 heteroatoms. The van der Waals surface area contributed by atoms with Gasteiger partial charge in [-0.3, -0.25) is 4.79 Å². The largest absolute Gasteiger partial charge is 0.469 e. The van der Waals surface area contributed by atoms with Gasteiger partial charge in [0.25, 0.3) is 0 Å². The van der Waals surface area contributed by atoms with Gasteiger partial charge in [0.05, 0.1) is 18.2 Å². The first-order chi connectivity index (χ1) is 11.7. The SMILES string of the molecule is COC(=O)C(C)(C)Cn1c(-c2cccn2C)nc2c(Cl)nc(N)nc21. The Morgan fingerprint density at radius 2 is 2.08 bits per heavy atom. The minimum Gasteiger partial charge on any atom is -0.469 e. The van der Waals surface area contributed by atoms with Crippen molar-refractivity contribution in [2.75, 3.05) is 12.8 Å². The van der Waals surface area contributed by atoms with E-state index >= 15 is 0 Å². The number of carbonyl (C=O) groups excluding carboxylic acids is 1. The molecule has 0 aromatic carbocycles. The highest BCUT2D eigenvalue weighted by atomic mass is 35.5. The summed E-state index contributed by atoms with van der Waals surface area (Å²) in [5.41, 5.74) is 6.73. The van der Waals surface area contributed by atoms with Crippen molar-refractivity contribution < 1.29 is 9.53 Å². The van der Waals surface area contributed by atoms with E-state index in [2.05, 4.69) is 15.0 Å². The van der Waals surface area contributed by atoms with E-state index in [0.29, 0.717) is 23.5 Å². The molecule has 3 aromatic rings. The normalized spacial score (nSPS) is 11.9. The van der Waals surface area contributed by atoms with Gasteiger partial charge in [0, 0.05) is 19.8 Å². The fourth-order valence-electron chi connectivity index (χ4n) is 2.76. The van der Waals surface area contributed by atoms with Crippen molar-refractivity contribution >= 4 is 34.7 Å². The molecule has 2 N–H and O–H groups in total. The molecule has 0 fully saturated rings. The number of hydrogen-bond acceptors (Lipinski definition) is 6. The van der Waals surface area contributed by atoms with E-state index in [4.69, 9.17) is 22.1 Å². The van der Waals surface area contributed by atoms with Crippen LogP contribution in [0.25, 0.3) is 22.7 Å². The lowest BCUT2D eigenvalue weighted by atomic mass is 9.93. The van der Waals surface area contributed by atoms with Crippen LogP contribution in [0.15, 0.2) is 18.3 Å². The number of anilines is 1. The van der Waals surface area contributed by atoms with Gasteiger partial charge in [0.1, 0.15) is 5.52 Å². The van der Waals surface area contributed by atoms with E-state index in [-0.39, 0.29) is 17.1 Å². The summed E-state index contributed by atoms with van der Waals surface area (Å²) in [4.78, 5) is 25.0. The number of carbonyl (C=O) groups is 1. The molecule has 0 unspecified atom stereocenters. The lowest BCUT2D eigenvalue weighted by molar-refractivity contribution is -0.151. The van der Waals surface area contributed by atoms with Crippen LogP contribution in [0.2, 0.25) is 5.15 Å². The Kier molecular flexibility index (Phi) is 4.16. The molecule has 0 bridgehead atoms. The molecule has 0 amide bonds. The minimum absolute atomic E-state index is 0.0490. The summed E-state index contributed by atoms with van der Waals surface area (Å²) < 4.78 is 8.67. The lowest BCUT2D eigenvalue weighted by Crippen LogP contribution is -2.31. The van der Waals surface area contributed by atoms with E-state index in [1.807, 2.05) is 34.5 Å². The van der Waals surface area contributed by atoms with Gasteiger partial charge in [-0.1, -0.05) is 11.6 Å². The van der Waals surface area contributed by atoms with Gasteiger partial charge < -0.3 is 19.6 Å². The average molecular weight is 363 g/mol. The van der Waals surface area contributed by atoms with Crippen molar-refractivity contribution in [2.24, 2.45) is 12.5 Å². The molecule has 25 heavy (non-hydrogen) atoms. The first-order valence-electron chi connectivity index (χ1n) is 7.64. The summed E-state index contributed by atoms with van der Waals surface area (Å²) in [6.45, 7) is 3.89. The number of aryl methyl sites for hydroxylation is 1. The van der Waals surface area contributed by atoms with Gasteiger partial charge in [0.15, 0.2) is 16.6 Å². The van der Waals surface area contributed by atoms with Crippen LogP contribution in [0.3, 0.4) is 0 Å². The number of nitrogens with two attached hydrogens (primary N) is 1. The van der Waals surface area contributed by atoms with Crippen LogP contribution in [0.4, 0.5) is 5.95 Å². The first-order valence-corrected chi connectivity index (χ1v) is 8.02. The van der Waals surface area contributed by atoms with E-state index < -0.39 is 5.41 Å². The highest BCUT2D eigenvalue weighted by Gasteiger charge is 2.32. The number of rotatable bonds is 4. The molecule has 8 nitrogen and oxygen atoms in total. The Labute approximate surface area is 149 Å². The average Bonchev–Trinajstić information content (AvgIpc) is 3.10. The maximum atomic E-state index is 12.1. The third-order valence-corrected chi connectivity index (χ3v) is 4.30. The third kappa shape index (κ3) is 2.93. The van der Waals surface area contributed by atoms with Crippen LogP contribution in [0, 0.1) is 5.41 Å². The molecule has 132 valence electrons. The zero-order chi connectivity index (χ0) is 18.4. The van der Waals surface area contributed by atoms with Crippen molar-refractivity contribution in [3.05, 3.63) is 23.5 Å². The van der Waals surface area contributed by atoms with Crippen molar-refractivity contribution in [1.29, 1.82) is 0 Å². The van der Waals surface area contributed by atoms with Gasteiger partial charge in [0.2, 0.25) is 5.95 Å². The van der Waals surface area contributed by atoms with Crippen molar-refractivity contribution in [2.45, 2.75) is 20.4 Å². The number of halogens is 1. The van der Waals surface area contributed by atoms with Crippen molar-refractivity contribution in [1.82, 2.24) is 24.1 Å². The van der Waals surface area contributed by atoms with Crippen LogP contribution >= 0.6 is 11.6 Å². The molecule has 0 aliphatic carbocycles. The van der Waals surface area contributed by atoms with Crippen LogP contribution < -0.4 is 5.73 Å². The Morgan fingerprint density at radius 1 is 1.36 bits per heavy atom. The first kappa shape index (κ1) is 17.2. The number of aromatic nitrogens is 5. The zero-order valence-electron chi connectivity index (χ0n) is 14.4. The number of nitrogens with zero attached hydrogens (tertiary/aromatic N) is 5. The lowest BCUT2D eigenvalue weighted by Gasteiger charge is -2.23. The highest BCUT2D eigenvalue weighted by Crippen LogP contribution is 2.31. The third-order valence-electron chi connectivity index (χ3n) is 4.03. The summed E-state index contributed by atoms with van der Waals surface area (Å²) in [6, 6.07) is 3.83. The zero-order valence-corrected chi connectivity index (χ0v) is 15.2. The molecule has 0 spiro atoms. The van der Waals surface area contributed by atoms with Gasteiger partial charge in [-0.25, -0.2) is 4.98 Å². The molecule has 0 saturated heterocycles. The van der Waals surface area contributed by atoms with Gasteiger partial charge in [-0.05, 0) is 26.0 Å². The molecular formula is C16H19ClN6O2. The maximum Gasteiger partial charge on any atom is 0.313 e. The topological polar surface area (TPSA) is 101 Å². The smallest absolute Gasteiger partial charge is 0.313 e. The molecule has 3 rings (SSSR count). The predicted octanol–water partition coefficient (Wildman–Crippen LogP) is 2.27. The second kappa shape index (κ2) is 6.03. The fraction of sp³-hybridized carbons (Fsp3) is 0.375. The van der Waals surface area contributed by atoms with E-state index in [1.54, 1.807) is 13.8 Å². The molecule has 0 aliphatic heterocycles. The monoisotopic (exact) mass is 362 g/mol. The number of fused-ring (bicyclic) bond motifs is 1. The molecule has 0 saturated carbocycles. The van der Waals surface area contributed by atoms with E-state index in [1.165, 1.54) is 7.11 Å². The fourth-order valence-corrected chi connectivity index (χ4v) is 2.97. The van der Waals surface area contributed by atoms with Gasteiger partial charge in [-0.15, -0.1) is 0 Å². The Balaban J connectivity index is 2.27. The molecule has 0 radical (unpaired) electrons. The van der Waals surface area contributed by atoms with Crippen molar-refractivity contribution in [3.8, 4) is 11.5 Å². The Hall–Kier alpha value is -2.61. The maximum absolute atomic E-state index is 12.1. The summed E-state index contributed by atoms with van der Waals surface area (Å²) in [5, 5.41) is 0.174. The highest BCUT2D eigenvalue weighted by molar-refractivity contribution is 6.33. The second-order valence-electron chi connectivity index (χ2n) is 6.45. The summed E-state index contributed by atoms with van der Waals surface area (Å²) >= 11 is 6.20. The quantitative estimate of drug-likeness (QED) is 0.564. The number of ether oxygens (including phenoxy) is 1. The number of imidazole rings is 1. The molecular weight excluding hydrogens is 344 g/mol. The molecule has 0 atom stereocenters. The minimum atomic E-state index is -0.797. The summed E-state index contributed by atoms with van der Waals surface area (Å²) in [7, 11) is 3.28. The predicted molar refractivity (Wildman–Crippen MR) is 94.9 cm³/mol. The number of esters is 1. The molecule has 3 heterocycles. The van der Waals surface area contributed by atoms with E-state index in [9.17, 15) is 4.79 Å². The van der Waals surface area contributed by atoms with Crippen molar-refractivity contribution in [3.63, 3.8) is 0 Å². The standard InChI is InChI=1S/C16H19ClN6O2/c1-16(2,14(24)25-4)8-23-12(9-6-5-7-22(9)3)19-10-11(17)20-15(18)21-13(10)23/h5-7H,8H2,1-4H3,(H2,18,20,21). The van der Waals surface area contributed by atoms with Crippen LogP contribution in [-0.2, 0) is 23.1 Å². The number of methoxy groups -OCH3 is 1. The van der Waals surface area contributed by atoms with Crippen LogP contribution in [0.5, 0.6) is 0 Å². The van der Waals surface area contributed by atoms with Crippen LogP contribution in [0.1, 0.15) is 13.8 Å². The number of nitrogen functional groups attached to an aromatic ring is 1. The van der Waals surface area contributed by atoms with Gasteiger partial charge in [-0.2, -0.15) is 9.97 Å². The second-order valence-corrected chi connectivity index (χ2v) is 6.80. The van der Waals surface area contributed by atoms with Gasteiger partial charge >= 0.3 is 5.97 Å².